The van der Waals surface area contributed by atoms with E-state index in [1.165, 1.54) is 20.1 Å². The van der Waals surface area contributed by atoms with Gasteiger partial charge in [-0.25, -0.2) is 4.79 Å². The van der Waals surface area contributed by atoms with Crippen LogP contribution in [0.2, 0.25) is 0 Å². The molecular weight excluding hydrogens is 472 g/mol. The van der Waals surface area contributed by atoms with Gasteiger partial charge in [0.2, 0.25) is 0 Å². The van der Waals surface area contributed by atoms with Gasteiger partial charge in [0.05, 0.1) is 18.6 Å². The molecule has 0 aliphatic carbocycles. The van der Waals surface area contributed by atoms with Gasteiger partial charge >= 0.3 is 5.97 Å². The predicted molar refractivity (Wildman–Crippen MR) is 132 cm³/mol. The molecule has 1 saturated heterocycles. The number of amides is 3. The maximum atomic E-state index is 12.7. The number of anilines is 1. The Kier molecular flexibility index (Phi) is 8.53. The highest BCUT2D eigenvalue weighted by Gasteiger charge is 2.41. The van der Waals surface area contributed by atoms with Crippen molar-refractivity contribution in [2.45, 2.75) is 26.8 Å². The van der Waals surface area contributed by atoms with E-state index in [9.17, 15) is 19.2 Å². The van der Waals surface area contributed by atoms with Gasteiger partial charge in [0.1, 0.15) is 6.04 Å². The Bertz CT molecular complexity index is 1160. The first-order valence-corrected chi connectivity index (χ1v) is 11.7. The van der Waals surface area contributed by atoms with Gasteiger partial charge in [0.25, 0.3) is 17.1 Å². The van der Waals surface area contributed by atoms with E-state index < -0.39 is 23.2 Å². The highest BCUT2D eigenvalue weighted by molar-refractivity contribution is 8.18. The van der Waals surface area contributed by atoms with Crippen LogP contribution in [0.5, 0.6) is 11.5 Å². The van der Waals surface area contributed by atoms with Crippen molar-refractivity contribution in [1.82, 2.24) is 4.90 Å². The molecule has 0 radical (unpaired) electrons. The summed E-state index contributed by atoms with van der Waals surface area (Å²) in [6.07, 6.45) is 1.53. The van der Waals surface area contributed by atoms with E-state index in [2.05, 4.69) is 5.32 Å². The molecule has 3 rings (SSSR count). The van der Waals surface area contributed by atoms with Gasteiger partial charge in [-0.1, -0.05) is 23.8 Å². The van der Waals surface area contributed by atoms with Crippen molar-refractivity contribution in [2.75, 3.05) is 25.6 Å². The molecule has 1 N–H and O–H groups in total. The number of rotatable bonds is 9. The fourth-order valence-corrected chi connectivity index (χ4v) is 4.11. The first-order chi connectivity index (χ1) is 16.7. The van der Waals surface area contributed by atoms with Crippen LogP contribution in [0.1, 0.15) is 25.0 Å². The molecule has 0 spiro atoms. The number of benzene rings is 2. The molecule has 1 aliphatic rings. The van der Waals surface area contributed by atoms with Crippen molar-refractivity contribution >= 4 is 46.5 Å². The molecule has 10 heteroatoms. The van der Waals surface area contributed by atoms with Crippen LogP contribution in [0.15, 0.2) is 47.4 Å². The van der Waals surface area contributed by atoms with Crippen LogP contribution in [-0.4, -0.2) is 54.3 Å². The van der Waals surface area contributed by atoms with Crippen molar-refractivity contribution in [2.24, 2.45) is 0 Å². The molecule has 35 heavy (non-hydrogen) atoms. The van der Waals surface area contributed by atoms with E-state index in [0.29, 0.717) is 22.7 Å². The fraction of sp³-hybridized carbons (Fsp3) is 0.280. The van der Waals surface area contributed by atoms with Crippen molar-refractivity contribution in [3.05, 3.63) is 58.5 Å². The van der Waals surface area contributed by atoms with Gasteiger partial charge in [-0.15, -0.1) is 0 Å². The summed E-state index contributed by atoms with van der Waals surface area (Å²) in [5.74, 6) is -0.864. The van der Waals surface area contributed by atoms with Gasteiger partial charge in [0.15, 0.2) is 18.1 Å². The third-order valence-electron chi connectivity index (χ3n) is 5.02. The zero-order valence-corrected chi connectivity index (χ0v) is 20.6. The number of hydrogen-bond acceptors (Lipinski definition) is 8. The number of nitrogens with zero attached hydrogens (tertiary/aromatic N) is 1. The number of aryl methyl sites for hydroxylation is 1. The minimum atomic E-state index is -1.02. The van der Waals surface area contributed by atoms with Crippen LogP contribution in [-0.2, 0) is 19.1 Å². The smallest absolute Gasteiger partial charge is 0.329 e. The summed E-state index contributed by atoms with van der Waals surface area (Å²) in [6, 6.07) is 11.3. The van der Waals surface area contributed by atoms with Gasteiger partial charge in [-0.3, -0.25) is 19.3 Å². The largest absolute Gasteiger partial charge is 0.493 e. The first-order valence-electron chi connectivity index (χ1n) is 10.8. The number of carbonyl (C=O) groups excluding carboxylic acids is 4. The molecule has 1 aliphatic heterocycles. The Labute approximate surface area is 207 Å². The molecule has 0 bridgehead atoms. The van der Waals surface area contributed by atoms with Crippen molar-refractivity contribution in [3.8, 4) is 11.5 Å². The number of esters is 1. The number of hydrogen-bond donors (Lipinski definition) is 1. The van der Waals surface area contributed by atoms with Crippen LogP contribution in [0.3, 0.4) is 0 Å². The molecule has 2 aromatic carbocycles. The molecule has 1 atom stereocenters. The van der Waals surface area contributed by atoms with Gasteiger partial charge in [-0.2, -0.15) is 0 Å². The summed E-state index contributed by atoms with van der Waals surface area (Å²) in [6.45, 7) is 4.97. The lowest BCUT2D eigenvalue weighted by Crippen LogP contribution is -2.42. The summed E-state index contributed by atoms with van der Waals surface area (Å²) < 4.78 is 15.9. The third-order valence-corrected chi connectivity index (χ3v) is 5.90. The maximum Gasteiger partial charge on any atom is 0.329 e. The number of thioether (sulfide) groups is 1. The number of carbonyl (C=O) groups is 4. The second kappa shape index (κ2) is 11.6. The molecule has 184 valence electrons. The van der Waals surface area contributed by atoms with Crippen molar-refractivity contribution in [1.29, 1.82) is 0 Å². The lowest BCUT2D eigenvalue weighted by atomic mass is 10.1. The second-order valence-corrected chi connectivity index (χ2v) is 8.59. The average Bonchev–Trinajstić information content (AvgIpc) is 3.11. The minimum absolute atomic E-state index is 0.150. The van der Waals surface area contributed by atoms with Gasteiger partial charge in [0, 0.05) is 5.69 Å². The molecule has 1 fully saturated rings. The number of ether oxygens (including phenoxy) is 3. The summed E-state index contributed by atoms with van der Waals surface area (Å²) in [5.41, 5.74) is 2.33. The van der Waals surface area contributed by atoms with Gasteiger partial charge < -0.3 is 19.5 Å². The molecule has 0 unspecified atom stereocenters. The Morgan fingerprint density at radius 1 is 1.11 bits per heavy atom. The highest BCUT2D eigenvalue weighted by Crippen LogP contribution is 2.35. The topological polar surface area (TPSA) is 111 Å². The Morgan fingerprint density at radius 2 is 1.83 bits per heavy atom. The van der Waals surface area contributed by atoms with E-state index in [1.54, 1.807) is 37.3 Å². The Hall–Kier alpha value is -3.79. The number of imide groups is 1. The lowest BCUT2D eigenvalue weighted by Gasteiger charge is -2.19. The summed E-state index contributed by atoms with van der Waals surface area (Å²) in [7, 11) is 1.45. The summed E-state index contributed by atoms with van der Waals surface area (Å²) >= 11 is 0.740. The lowest BCUT2D eigenvalue weighted by molar-refractivity contribution is -0.150. The van der Waals surface area contributed by atoms with E-state index in [-0.39, 0.29) is 24.0 Å². The molecule has 9 nitrogen and oxygen atoms in total. The quantitative estimate of drug-likeness (QED) is 0.408. The molecular formula is C25H26N2O7S. The van der Waals surface area contributed by atoms with Crippen molar-refractivity contribution < 1.29 is 33.4 Å². The Morgan fingerprint density at radius 3 is 2.49 bits per heavy atom. The number of nitrogens with one attached hydrogen (secondary N) is 1. The molecule has 3 amide bonds. The van der Waals surface area contributed by atoms with Crippen LogP contribution < -0.4 is 14.8 Å². The van der Waals surface area contributed by atoms with E-state index in [1.807, 2.05) is 19.1 Å². The van der Waals surface area contributed by atoms with Gasteiger partial charge in [-0.05, 0) is 68.4 Å². The standard InChI is InChI=1S/C25H26N2O7S/c1-5-33-24(30)16(3)27-23(29)21(35-25(27)31)13-17-8-11-19(20(12-17)32-4)34-14-22(28)26-18-9-6-15(2)7-10-18/h6-13,16H,5,14H2,1-4H3,(H,26,28)/b21-13+/t16-/m0/s1. The van der Waals surface area contributed by atoms with E-state index in [4.69, 9.17) is 14.2 Å². The normalized spacial score (nSPS) is 15.2. The molecule has 1 heterocycles. The van der Waals surface area contributed by atoms with E-state index >= 15 is 0 Å². The SMILES string of the molecule is CCOC(=O)[C@H](C)N1C(=O)S/C(=C/c2ccc(OCC(=O)Nc3ccc(C)cc3)c(OC)c2)C1=O. The monoisotopic (exact) mass is 498 g/mol. The van der Waals surface area contributed by atoms with Crippen LogP contribution in [0.25, 0.3) is 6.08 Å². The predicted octanol–water partition coefficient (Wildman–Crippen LogP) is 4.01. The fourth-order valence-electron chi connectivity index (χ4n) is 3.20. The third kappa shape index (κ3) is 6.42. The molecule has 0 aromatic heterocycles. The minimum Gasteiger partial charge on any atom is -0.493 e. The number of methoxy groups -OCH3 is 1. The maximum absolute atomic E-state index is 12.7. The molecule has 0 saturated carbocycles. The average molecular weight is 499 g/mol. The second-order valence-electron chi connectivity index (χ2n) is 7.59. The zero-order chi connectivity index (χ0) is 25.5. The van der Waals surface area contributed by atoms with Crippen molar-refractivity contribution in [3.63, 3.8) is 0 Å². The first kappa shape index (κ1) is 25.8. The summed E-state index contributed by atoms with van der Waals surface area (Å²) in [5, 5.41) is 2.20. The summed E-state index contributed by atoms with van der Waals surface area (Å²) in [4.78, 5) is 50.3. The zero-order valence-electron chi connectivity index (χ0n) is 19.8. The van der Waals surface area contributed by atoms with Crippen LogP contribution in [0, 0.1) is 6.92 Å². The van der Waals surface area contributed by atoms with Crippen LogP contribution >= 0.6 is 11.8 Å². The van der Waals surface area contributed by atoms with E-state index in [0.717, 1.165) is 22.2 Å². The Balaban J connectivity index is 1.68. The highest BCUT2D eigenvalue weighted by atomic mass is 32.2. The van der Waals surface area contributed by atoms with Crippen LogP contribution in [0.4, 0.5) is 10.5 Å². The molecule has 2 aromatic rings.